The Hall–Kier alpha value is -2.00. The first-order chi connectivity index (χ1) is 10.5. The van der Waals surface area contributed by atoms with Gasteiger partial charge in [-0.15, -0.1) is 11.3 Å². The van der Waals surface area contributed by atoms with Crippen molar-refractivity contribution in [1.82, 2.24) is 14.7 Å². The number of amides is 1. The zero-order valence-electron chi connectivity index (χ0n) is 12.1. The SMILES string of the molecule is CN(C)CCn1ccc(NC(=O)c2sccc2OC(F)F)n1. The van der Waals surface area contributed by atoms with Gasteiger partial charge in [0.15, 0.2) is 5.82 Å². The summed E-state index contributed by atoms with van der Waals surface area (Å²) in [7, 11) is 3.90. The Bertz CT molecular complexity index is 627. The van der Waals surface area contributed by atoms with Crippen molar-refractivity contribution in [2.45, 2.75) is 13.2 Å². The summed E-state index contributed by atoms with van der Waals surface area (Å²) >= 11 is 1.03. The molecule has 1 N–H and O–H groups in total. The minimum Gasteiger partial charge on any atom is -0.433 e. The van der Waals surface area contributed by atoms with Gasteiger partial charge in [0.05, 0.1) is 6.54 Å². The van der Waals surface area contributed by atoms with Crippen molar-refractivity contribution in [3.8, 4) is 5.75 Å². The van der Waals surface area contributed by atoms with Crippen molar-refractivity contribution in [2.24, 2.45) is 0 Å². The predicted octanol–water partition coefficient (Wildman–Crippen LogP) is 2.36. The van der Waals surface area contributed by atoms with Gasteiger partial charge in [0.25, 0.3) is 5.91 Å². The Kier molecular flexibility index (Phi) is 5.45. The van der Waals surface area contributed by atoms with Gasteiger partial charge < -0.3 is 15.0 Å². The van der Waals surface area contributed by atoms with E-state index in [1.807, 2.05) is 19.0 Å². The Morgan fingerprint density at radius 3 is 2.95 bits per heavy atom. The highest BCUT2D eigenvalue weighted by molar-refractivity contribution is 7.12. The molecule has 2 aromatic rings. The summed E-state index contributed by atoms with van der Waals surface area (Å²) < 4.78 is 30.5. The lowest BCUT2D eigenvalue weighted by atomic mass is 10.4. The minimum atomic E-state index is -2.97. The lowest BCUT2D eigenvalue weighted by Gasteiger charge is -2.08. The summed E-state index contributed by atoms with van der Waals surface area (Å²) in [4.78, 5) is 14.2. The maximum Gasteiger partial charge on any atom is 0.387 e. The quantitative estimate of drug-likeness (QED) is 0.847. The van der Waals surface area contributed by atoms with Gasteiger partial charge in [-0.25, -0.2) is 0 Å². The lowest BCUT2D eigenvalue weighted by molar-refractivity contribution is -0.0498. The maximum atomic E-state index is 12.3. The second-order valence-electron chi connectivity index (χ2n) is 4.71. The molecule has 0 radical (unpaired) electrons. The number of ether oxygens (including phenoxy) is 1. The number of likely N-dealkylation sites (N-methyl/N-ethyl adjacent to an activating group) is 1. The van der Waals surface area contributed by atoms with Crippen LogP contribution in [0.4, 0.5) is 14.6 Å². The summed E-state index contributed by atoms with van der Waals surface area (Å²) in [5.41, 5.74) is 0. The average molecular weight is 330 g/mol. The fourth-order valence-corrected chi connectivity index (χ4v) is 2.40. The second kappa shape index (κ2) is 7.32. The van der Waals surface area contributed by atoms with Crippen LogP contribution in [0.2, 0.25) is 0 Å². The normalized spacial score (nSPS) is 11.2. The number of carbonyl (C=O) groups excluding carboxylic acids is 1. The number of hydrogen-bond donors (Lipinski definition) is 1. The monoisotopic (exact) mass is 330 g/mol. The number of nitrogens with one attached hydrogen (secondary N) is 1. The third-order valence-electron chi connectivity index (χ3n) is 2.71. The molecule has 1 amide bonds. The Balaban J connectivity index is 1.99. The number of aromatic nitrogens is 2. The van der Waals surface area contributed by atoms with Gasteiger partial charge in [0.2, 0.25) is 0 Å². The number of hydrogen-bond acceptors (Lipinski definition) is 5. The molecule has 6 nitrogen and oxygen atoms in total. The van der Waals surface area contributed by atoms with Crippen LogP contribution < -0.4 is 10.1 Å². The average Bonchev–Trinajstić information content (AvgIpc) is 3.05. The molecule has 0 atom stereocenters. The number of thiophene rings is 1. The minimum absolute atomic E-state index is 0.0862. The molecule has 0 aliphatic carbocycles. The van der Waals surface area contributed by atoms with Gasteiger partial charge in [-0.05, 0) is 25.5 Å². The van der Waals surface area contributed by atoms with Crippen LogP contribution in [0.25, 0.3) is 0 Å². The Morgan fingerprint density at radius 2 is 2.27 bits per heavy atom. The standard InChI is InChI=1S/C13H16F2N4O2S/c1-18(2)6-7-19-5-3-10(17-19)16-12(20)11-9(4-8-22-11)21-13(14)15/h3-5,8,13H,6-7H2,1-2H3,(H,16,17,20). The molecule has 0 aliphatic heterocycles. The lowest BCUT2D eigenvalue weighted by Crippen LogP contribution is -2.19. The fourth-order valence-electron chi connectivity index (χ4n) is 1.68. The molecular formula is C13H16F2N4O2S. The van der Waals surface area contributed by atoms with Crippen LogP contribution in [-0.2, 0) is 6.54 Å². The molecule has 2 rings (SSSR count). The maximum absolute atomic E-state index is 12.3. The van der Waals surface area contributed by atoms with E-state index in [9.17, 15) is 13.6 Å². The van der Waals surface area contributed by atoms with Crippen molar-refractivity contribution >= 4 is 23.1 Å². The predicted molar refractivity (Wildman–Crippen MR) is 79.7 cm³/mol. The molecule has 22 heavy (non-hydrogen) atoms. The van der Waals surface area contributed by atoms with Crippen LogP contribution in [0.1, 0.15) is 9.67 Å². The Labute approximate surface area is 130 Å². The number of halogens is 2. The molecule has 0 spiro atoms. The first kappa shape index (κ1) is 16.4. The smallest absolute Gasteiger partial charge is 0.387 e. The number of anilines is 1. The van der Waals surface area contributed by atoms with Crippen molar-refractivity contribution in [3.63, 3.8) is 0 Å². The van der Waals surface area contributed by atoms with E-state index >= 15 is 0 Å². The molecule has 2 heterocycles. The highest BCUT2D eigenvalue weighted by Crippen LogP contribution is 2.27. The van der Waals surface area contributed by atoms with E-state index in [2.05, 4.69) is 15.2 Å². The van der Waals surface area contributed by atoms with Crippen molar-refractivity contribution in [2.75, 3.05) is 26.0 Å². The molecule has 2 aromatic heterocycles. The van der Waals surface area contributed by atoms with Gasteiger partial charge in [0, 0.05) is 18.8 Å². The van der Waals surface area contributed by atoms with Crippen molar-refractivity contribution in [3.05, 3.63) is 28.6 Å². The van der Waals surface area contributed by atoms with Gasteiger partial charge in [-0.2, -0.15) is 13.9 Å². The zero-order chi connectivity index (χ0) is 16.1. The second-order valence-corrected chi connectivity index (χ2v) is 5.63. The van der Waals surface area contributed by atoms with E-state index < -0.39 is 12.5 Å². The first-order valence-corrected chi connectivity index (χ1v) is 7.35. The third-order valence-corrected chi connectivity index (χ3v) is 3.60. The third kappa shape index (κ3) is 4.50. The van der Waals surface area contributed by atoms with Crippen LogP contribution >= 0.6 is 11.3 Å². The summed E-state index contributed by atoms with van der Waals surface area (Å²) in [5, 5.41) is 8.28. The van der Waals surface area contributed by atoms with Crippen LogP contribution in [0.5, 0.6) is 5.75 Å². The number of rotatable bonds is 7. The fraction of sp³-hybridized carbons (Fsp3) is 0.385. The number of carbonyl (C=O) groups is 1. The van der Waals surface area contributed by atoms with Crippen molar-refractivity contribution in [1.29, 1.82) is 0 Å². The summed E-state index contributed by atoms with van der Waals surface area (Å²) in [6.45, 7) is -1.47. The van der Waals surface area contributed by atoms with Crippen molar-refractivity contribution < 1.29 is 18.3 Å². The highest BCUT2D eigenvalue weighted by Gasteiger charge is 2.18. The molecule has 0 aliphatic rings. The summed E-state index contributed by atoms with van der Waals surface area (Å²) in [6.07, 6.45) is 1.74. The molecule has 120 valence electrons. The molecule has 0 aromatic carbocycles. The van der Waals surface area contributed by atoms with E-state index in [0.717, 1.165) is 17.9 Å². The molecule has 0 fully saturated rings. The Morgan fingerprint density at radius 1 is 1.50 bits per heavy atom. The van der Waals surface area contributed by atoms with Gasteiger partial charge in [-0.3, -0.25) is 9.48 Å². The zero-order valence-corrected chi connectivity index (χ0v) is 12.9. The molecule has 9 heteroatoms. The molecule has 0 bridgehead atoms. The molecule has 0 saturated carbocycles. The van der Waals surface area contributed by atoms with Crippen LogP contribution in [0.3, 0.4) is 0 Å². The van der Waals surface area contributed by atoms with Crippen LogP contribution in [-0.4, -0.2) is 47.8 Å². The van der Waals surface area contributed by atoms with E-state index in [-0.39, 0.29) is 10.6 Å². The molecule has 0 unspecified atom stereocenters. The van der Waals surface area contributed by atoms with Crippen LogP contribution in [0.15, 0.2) is 23.7 Å². The topological polar surface area (TPSA) is 59.4 Å². The van der Waals surface area contributed by atoms with E-state index in [1.165, 1.54) is 11.4 Å². The van der Waals surface area contributed by atoms with E-state index in [0.29, 0.717) is 12.4 Å². The summed E-state index contributed by atoms with van der Waals surface area (Å²) in [5.74, 6) is -0.298. The largest absolute Gasteiger partial charge is 0.433 e. The van der Waals surface area contributed by atoms with Crippen LogP contribution in [0, 0.1) is 0 Å². The van der Waals surface area contributed by atoms with E-state index in [4.69, 9.17) is 0 Å². The summed E-state index contributed by atoms with van der Waals surface area (Å²) in [6, 6.07) is 2.98. The molecular weight excluding hydrogens is 314 g/mol. The number of nitrogens with zero attached hydrogens (tertiary/aromatic N) is 3. The highest BCUT2D eigenvalue weighted by atomic mass is 32.1. The van der Waals surface area contributed by atoms with E-state index in [1.54, 1.807) is 16.9 Å². The van der Waals surface area contributed by atoms with Gasteiger partial charge in [0.1, 0.15) is 10.6 Å². The molecule has 0 saturated heterocycles. The number of alkyl halides is 2. The van der Waals surface area contributed by atoms with Gasteiger partial charge in [-0.1, -0.05) is 0 Å². The van der Waals surface area contributed by atoms with Gasteiger partial charge >= 0.3 is 6.61 Å². The first-order valence-electron chi connectivity index (χ1n) is 6.47.